The molecule has 5 aromatic rings. The molecule has 0 saturated carbocycles. The molecule has 0 aliphatic carbocycles. The van der Waals surface area contributed by atoms with E-state index in [-0.39, 0.29) is 22.5 Å². The minimum atomic E-state index is -0.507. The van der Waals surface area contributed by atoms with Crippen LogP contribution in [-0.4, -0.2) is 5.97 Å². The highest BCUT2D eigenvalue weighted by atomic mass is 16.5. The van der Waals surface area contributed by atoms with E-state index in [1.807, 2.05) is 26.8 Å². The van der Waals surface area contributed by atoms with Crippen molar-refractivity contribution >= 4 is 27.9 Å². The molecule has 2 aromatic heterocycles. The maximum atomic E-state index is 13.0. The summed E-state index contributed by atoms with van der Waals surface area (Å²) in [5.41, 5.74) is 3.01. The van der Waals surface area contributed by atoms with Crippen molar-refractivity contribution in [3.63, 3.8) is 0 Å². The molecule has 0 aliphatic rings. The fraction of sp³-hybridized carbons (Fsp3) is 0.107. The Hall–Kier alpha value is -4.65. The van der Waals surface area contributed by atoms with Crippen LogP contribution in [0.3, 0.4) is 0 Å². The molecule has 0 fully saturated rings. The second-order valence-corrected chi connectivity index (χ2v) is 8.28. The molecule has 7 nitrogen and oxygen atoms in total. The number of carbonyl (C=O) groups excluding carboxylic acids is 1. The van der Waals surface area contributed by atoms with E-state index in [1.54, 1.807) is 30.3 Å². The minimum absolute atomic E-state index is 0.0354. The number of rotatable bonds is 4. The summed E-state index contributed by atoms with van der Waals surface area (Å²) in [5, 5.41) is 1.03. The zero-order valence-corrected chi connectivity index (χ0v) is 19.2. The normalized spacial score (nSPS) is 11.1. The van der Waals surface area contributed by atoms with Crippen LogP contribution >= 0.6 is 0 Å². The average Bonchev–Trinajstić information content (AvgIpc) is 2.82. The number of hydrogen-bond donors (Lipinski definition) is 0. The van der Waals surface area contributed by atoms with Crippen LogP contribution in [0.2, 0.25) is 0 Å². The number of hydrogen-bond acceptors (Lipinski definition) is 7. The largest absolute Gasteiger partial charge is 0.460 e. The maximum absolute atomic E-state index is 13.0. The van der Waals surface area contributed by atoms with Gasteiger partial charge in [0.2, 0.25) is 11.2 Å². The quantitative estimate of drug-likeness (QED) is 0.186. The van der Waals surface area contributed by atoms with E-state index in [0.717, 1.165) is 22.1 Å². The maximum Gasteiger partial charge on any atom is 0.343 e. The average molecular weight is 468 g/mol. The molecule has 7 heteroatoms. The number of benzene rings is 3. The van der Waals surface area contributed by atoms with Gasteiger partial charge in [-0.15, -0.1) is 0 Å². The molecule has 0 aliphatic heterocycles. The first-order chi connectivity index (χ1) is 16.8. The third-order valence-electron chi connectivity index (χ3n) is 5.82. The Balaban J connectivity index is 1.41. The van der Waals surface area contributed by atoms with Gasteiger partial charge in [0.1, 0.15) is 28.9 Å². The van der Waals surface area contributed by atoms with Gasteiger partial charge < -0.3 is 18.3 Å². The molecule has 0 unspecified atom stereocenters. The summed E-state index contributed by atoms with van der Waals surface area (Å²) in [4.78, 5) is 37.1. The molecule has 35 heavy (non-hydrogen) atoms. The van der Waals surface area contributed by atoms with Crippen LogP contribution in [0.1, 0.15) is 27.0 Å². The molecule has 0 atom stereocenters. The molecule has 0 spiro atoms. The van der Waals surface area contributed by atoms with E-state index < -0.39 is 17.0 Å². The van der Waals surface area contributed by atoms with E-state index in [2.05, 4.69) is 0 Å². The first kappa shape index (κ1) is 22.2. The van der Waals surface area contributed by atoms with Gasteiger partial charge in [-0.1, -0.05) is 6.07 Å². The number of esters is 1. The van der Waals surface area contributed by atoms with Crippen molar-refractivity contribution in [3.8, 4) is 17.2 Å². The standard InChI is InChI=1S/C28H20O7/c1-15-4-5-18(10-16(15)2)28(31)34-20-7-9-22-23(12-20)32-14-25(27(22)30)33-19-6-8-21-17(3)11-26(29)35-24(21)13-19/h4-14H,1-3H3. The number of carbonyl (C=O) groups is 1. The van der Waals surface area contributed by atoms with Gasteiger partial charge in [0, 0.05) is 23.6 Å². The minimum Gasteiger partial charge on any atom is -0.460 e. The van der Waals surface area contributed by atoms with E-state index in [1.165, 1.54) is 30.5 Å². The van der Waals surface area contributed by atoms with Gasteiger partial charge in [0.25, 0.3) is 0 Å². The van der Waals surface area contributed by atoms with E-state index in [0.29, 0.717) is 16.9 Å². The Labute approximate surface area is 199 Å². The molecule has 2 heterocycles. The van der Waals surface area contributed by atoms with Crippen LogP contribution in [-0.2, 0) is 0 Å². The van der Waals surface area contributed by atoms with Crippen LogP contribution in [0.25, 0.3) is 21.9 Å². The SMILES string of the molecule is Cc1ccc(C(=O)Oc2ccc3c(=O)c(Oc4ccc5c(C)cc(=O)oc5c4)coc3c2)cc1C. The van der Waals surface area contributed by atoms with E-state index in [4.69, 9.17) is 18.3 Å². The zero-order valence-electron chi connectivity index (χ0n) is 19.2. The van der Waals surface area contributed by atoms with Gasteiger partial charge in [-0.2, -0.15) is 0 Å². The summed E-state index contributed by atoms with van der Waals surface area (Å²) in [5.74, 6) is 0.0222. The summed E-state index contributed by atoms with van der Waals surface area (Å²) in [6.07, 6.45) is 1.19. The second-order valence-electron chi connectivity index (χ2n) is 8.28. The highest BCUT2D eigenvalue weighted by molar-refractivity contribution is 5.92. The van der Waals surface area contributed by atoms with Crippen LogP contribution in [0.5, 0.6) is 17.2 Å². The van der Waals surface area contributed by atoms with Crippen LogP contribution in [0.15, 0.2) is 85.4 Å². The van der Waals surface area contributed by atoms with Gasteiger partial charge in [-0.05, 0) is 73.9 Å². The topological polar surface area (TPSA) is 96.0 Å². The van der Waals surface area contributed by atoms with Crippen LogP contribution in [0.4, 0.5) is 0 Å². The molecule has 174 valence electrons. The number of fused-ring (bicyclic) bond motifs is 2. The fourth-order valence-electron chi connectivity index (χ4n) is 3.75. The molecule has 0 N–H and O–H groups in total. The lowest BCUT2D eigenvalue weighted by Gasteiger charge is -2.09. The van der Waals surface area contributed by atoms with Crippen molar-refractivity contribution in [1.82, 2.24) is 0 Å². The summed E-state index contributed by atoms with van der Waals surface area (Å²) >= 11 is 0. The third kappa shape index (κ3) is 4.31. The number of aryl methyl sites for hydroxylation is 3. The first-order valence-corrected chi connectivity index (χ1v) is 10.9. The highest BCUT2D eigenvalue weighted by Gasteiger charge is 2.14. The third-order valence-corrected chi connectivity index (χ3v) is 5.82. The van der Waals surface area contributed by atoms with E-state index >= 15 is 0 Å². The molecule has 0 amide bonds. The molecule has 5 rings (SSSR count). The smallest absolute Gasteiger partial charge is 0.343 e. The zero-order chi connectivity index (χ0) is 24.7. The monoisotopic (exact) mass is 468 g/mol. The Morgan fingerprint density at radius 3 is 2.29 bits per heavy atom. The molecular weight excluding hydrogens is 448 g/mol. The summed E-state index contributed by atoms with van der Waals surface area (Å²) in [6, 6.07) is 16.2. The summed E-state index contributed by atoms with van der Waals surface area (Å²) in [7, 11) is 0. The van der Waals surface area contributed by atoms with Crippen LogP contribution < -0.4 is 20.5 Å². The van der Waals surface area contributed by atoms with Gasteiger partial charge in [-0.25, -0.2) is 9.59 Å². The first-order valence-electron chi connectivity index (χ1n) is 10.9. The molecular formula is C28H20O7. The van der Waals surface area contributed by atoms with Crippen molar-refractivity contribution in [2.45, 2.75) is 20.8 Å². The lowest BCUT2D eigenvalue weighted by atomic mass is 10.1. The second kappa shape index (κ2) is 8.61. The van der Waals surface area contributed by atoms with Crippen molar-refractivity contribution in [2.75, 3.05) is 0 Å². The number of ether oxygens (including phenoxy) is 2. The summed E-state index contributed by atoms with van der Waals surface area (Å²) in [6.45, 7) is 5.70. The van der Waals surface area contributed by atoms with Crippen LogP contribution in [0, 0.1) is 20.8 Å². The molecule has 3 aromatic carbocycles. The van der Waals surface area contributed by atoms with Gasteiger partial charge >= 0.3 is 11.6 Å². The molecule has 0 radical (unpaired) electrons. The van der Waals surface area contributed by atoms with Crippen molar-refractivity contribution in [3.05, 3.63) is 110 Å². The van der Waals surface area contributed by atoms with E-state index in [9.17, 15) is 14.4 Å². The molecule has 0 bridgehead atoms. The van der Waals surface area contributed by atoms with Crippen molar-refractivity contribution in [1.29, 1.82) is 0 Å². The van der Waals surface area contributed by atoms with Gasteiger partial charge in [-0.3, -0.25) is 4.79 Å². The predicted molar refractivity (Wildman–Crippen MR) is 131 cm³/mol. The predicted octanol–water partition coefficient (Wildman–Crippen LogP) is 5.84. The lowest BCUT2D eigenvalue weighted by Crippen LogP contribution is -2.09. The Bertz CT molecular complexity index is 1740. The summed E-state index contributed by atoms with van der Waals surface area (Å²) < 4.78 is 22.0. The Kier molecular flexibility index (Phi) is 5.45. The van der Waals surface area contributed by atoms with Crippen molar-refractivity contribution < 1.29 is 23.1 Å². The molecule has 0 saturated heterocycles. The Morgan fingerprint density at radius 2 is 1.49 bits per heavy atom. The van der Waals surface area contributed by atoms with Gasteiger partial charge in [0.05, 0.1) is 10.9 Å². The highest BCUT2D eigenvalue weighted by Crippen LogP contribution is 2.27. The Morgan fingerprint density at radius 1 is 0.743 bits per heavy atom. The van der Waals surface area contributed by atoms with Gasteiger partial charge in [0.15, 0.2) is 0 Å². The lowest BCUT2D eigenvalue weighted by molar-refractivity contribution is 0.0735. The van der Waals surface area contributed by atoms with Crippen molar-refractivity contribution in [2.24, 2.45) is 0 Å². The fourth-order valence-corrected chi connectivity index (χ4v) is 3.75.